The average molecular weight is 1070 g/mol. The first kappa shape index (κ1) is 57.4. The summed E-state index contributed by atoms with van der Waals surface area (Å²) >= 11 is 6.23. The normalized spacial score (nSPS) is 18.5. The average Bonchev–Trinajstić information content (AvgIpc) is 3.65. The molecule has 5 amide bonds. The van der Waals surface area contributed by atoms with Crippen LogP contribution < -0.4 is 20.1 Å². The fourth-order valence-electron chi connectivity index (χ4n) is 9.11. The van der Waals surface area contributed by atoms with Gasteiger partial charge >= 0.3 is 6.18 Å². The zero-order valence-electron chi connectivity index (χ0n) is 41.8. The fraction of sp³-hybridized carbons (Fsp3) is 0.520. The van der Waals surface area contributed by atoms with Crippen molar-refractivity contribution in [3.8, 4) is 5.75 Å². The lowest BCUT2D eigenvalue weighted by molar-refractivity contribution is -0.175. The number of amides is 5. The Labute approximate surface area is 423 Å². The predicted octanol–water partition coefficient (Wildman–Crippen LogP) is 6.99. The Morgan fingerprint density at radius 1 is 0.722 bits per heavy atom. The second-order valence-electron chi connectivity index (χ2n) is 21.2. The number of aromatic hydroxyl groups is 1. The van der Waals surface area contributed by atoms with E-state index in [0.717, 1.165) is 55.3 Å². The Kier molecular flexibility index (Phi) is 17.1. The molecular weight excluding hydrogens is 1000 g/mol. The minimum absolute atomic E-state index is 0.0651. The standard InChI is InChI=1S/C50H63ClF3N5O11S2/c1-26(2)40(43(62)50(52,53)54)55-46(65)37-24-30-13-11-12-14-36(30)59(37)47(66)41(27(3)4)56-44(63)29-15-18-32(19-16-29)71(67,68)58-45(64)31-17-20-35(51)38(25-31)72(69,70)57-39(60)23-28-21-33(48(5,6)7)42(61)34(22-28)49(8,9)10/h15-22,25-27,30,36-37,40-41,61H,11-14,23-24H2,1-10H3,(H,55,65)(H,56,63)(H,57,60)(H,58,64)/t30-,36-,37-,40-,41-/m0/s1. The zero-order valence-corrected chi connectivity index (χ0v) is 44.2. The van der Waals surface area contributed by atoms with Gasteiger partial charge in [-0.1, -0.05) is 106 Å². The molecule has 0 bridgehead atoms. The second-order valence-corrected chi connectivity index (χ2v) is 25.0. The number of carbonyl (C=O) groups is 6. The van der Waals surface area contributed by atoms with E-state index in [4.69, 9.17) is 11.6 Å². The van der Waals surface area contributed by atoms with Crippen LogP contribution in [0.5, 0.6) is 5.75 Å². The minimum Gasteiger partial charge on any atom is -0.507 e. The molecule has 1 saturated carbocycles. The number of hydrogen-bond donors (Lipinski definition) is 5. The van der Waals surface area contributed by atoms with Crippen LogP contribution in [0.1, 0.15) is 139 Å². The first-order valence-corrected chi connectivity index (χ1v) is 26.8. The van der Waals surface area contributed by atoms with Gasteiger partial charge in [-0.3, -0.25) is 28.8 Å². The van der Waals surface area contributed by atoms with E-state index in [2.05, 4.69) is 10.6 Å². The summed E-state index contributed by atoms with van der Waals surface area (Å²) in [6.07, 6.45) is -2.77. The van der Waals surface area contributed by atoms with Crippen molar-refractivity contribution in [1.82, 2.24) is 25.0 Å². The van der Waals surface area contributed by atoms with E-state index in [0.29, 0.717) is 29.5 Å². The Morgan fingerprint density at radius 3 is 1.79 bits per heavy atom. The van der Waals surface area contributed by atoms with E-state index in [1.54, 1.807) is 26.0 Å². The Bertz CT molecular complexity index is 2810. The van der Waals surface area contributed by atoms with Crippen LogP contribution in [0.25, 0.3) is 0 Å². The molecule has 2 aliphatic rings. The van der Waals surface area contributed by atoms with Crippen LogP contribution in [0.3, 0.4) is 0 Å². The van der Waals surface area contributed by atoms with Gasteiger partial charge in [0.1, 0.15) is 22.7 Å². The highest BCUT2D eigenvalue weighted by Gasteiger charge is 2.51. The number of carbonyl (C=O) groups excluding carboxylic acids is 6. The Balaban J connectivity index is 1.29. The molecule has 72 heavy (non-hydrogen) atoms. The summed E-state index contributed by atoms with van der Waals surface area (Å²) in [5, 5.41) is 15.6. The highest BCUT2D eigenvalue weighted by atomic mass is 35.5. The number of hydrogen-bond acceptors (Lipinski definition) is 11. The predicted molar refractivity (Wildman–Crippen MR) is 262 cm³/mol. The third kappa shape index (κ3) is 13.2. The summed E-state index contributed by atoms with van der Waals surface area (Å²) in [6.45, 7) is 17.3. The number of halogens is 4. The van der Waals surface area contributed by atoms with E-state index in [1.165, 1.54) is 18.7 Å². The number of sulfonamides is 2. The Hall–Kier alpha value is -5.54. The van der Waals surface area contributed by atoms with E-state index in [-0.39, 0.29) is 28.7 Å². The van der Waals surface area contributed by atoms with Crippen LogP contribution in [0.2, 0.25) is 5.02 Å². The zero-order chi connectivity index (χ0) is 54.2. The summed E-state index contributed by atoms with van der Waals surface area (Å²) in [6, 6.07) is 5.57. The maximum atomic E-state index is 14.4. The van der Waals surface area contributed by atoms with Crippen molar-refractivity contribution in [2.45, 2.75) is 159 Å². The highest BCUT2D eigenvalue weighted by molar-refractivity contribution is 7.90. The molecule has 394 valence electrons. The number of ketones is 1. The Morgan fingerprint density at radius 2 is 1.26 bits per heavy atom. The van der Waals surface area contributed by atoms with Gasteiger partial charge in [0.2, 0.25) is 17.7 Å². The number of Topliss-reactive ketones (excluding diaryl/α,β-unsaturated/α-hetero) is 1. The number of alkyl halides is 3. The van der Waals surface area contributed by atoms with Crippen LogP contribution in [0.4, 0.5) is 13.2 Å². The monoisotopic (exact) mass is 1070 g/mol. The molecule has 5 N–H and O–H groups in total. The van der Waals surface area contributed by atoms with Gasteiger partial charge in [0.05, 0.1) is 22.4 Å². The third-order valence-electron chi connectivity index (χ3n) is 12.9. The lowest BCUT2D eigenvalue weighted by atomic mass is 9.78. The van der Waals surface area contributed by atoms with Gasteiger partial charge in [0.25, 0.3) is 37.6 Å². The smallest absolute Gasteiger partial charge is 0.452 e. The molecule has 3 aromatic carbocycles. The SMILES string of the molecule is CC(C)[C@H](NC(=O)c1ccc(S(=O)(=O)NC(=O)c2ccc(Cl)c(S(=O)(=O)NC(=O)Cc3cc(C(C)(C)C)c(O)c(C(C)(C)C)c3)c2)cc1)C(=O)N1[C@H](C(=O)N[C@H](C(=O)C(F)(F)F)C(C)C)C[C@@H]2CCCC[C@@H]21. The van der Waals surface area contributed by atoms with Crippen molar-refractivity contribution < 1.29 is 63.9 Å². The summed E-state index contributed by atoms with van der Waals surface area (Å²) in [7, 11) is -9.44. The van der Waals surface area contributed by atoms with Crippen LogP contribution >= 0.6 is 11.6 Å². The van der Waals surface area contributed by atoms with Crippen LogP contribution in [0, 0.1) is 17.8 Å². The number of rotatable bonds is 15. The third-order valence-corrected chi connectivity index (χ3v) is 16.1. The van der Waals surface area contributed by atoms with Crippen molar-refractivity contribution in [2.75, 3.05) is 0 Å². The number of benzene rings is 3. The number of phenolic OH excluding ortho intramolecular Hbond substituents is 1. The van der Waals surface area contributed by atoms with Gasteiger partial charge < -0.3 is 20.6 Å². The number of nitrogens with zero attached hydrogens (tertiary/aromatic N) is 1. The molecule has 22 heteroatoms. The molecule has 1 heterocycles. The van der Waals surface area contributed by atoms with E-state index in [1.807, 2.05) is 51.0 Å². The maximum absolute atomic E-state index is 14.4. The number of likely N-dealkylation sites (tertiary alicyclic amines) is 1. The van der Waals surface area contributed by atoms with Crippen molar-refractivity contribution in [1.29, 1.82) is 0 Å². The fourth-order valence-corrected chi connectivity index (χ4v) is 11.6. The van der Waals surface area contributed by atoms with Gasteiger partial charge in [-0.25, -0.2) is 26.3 Å². The first-order valence-electron chi connectivity index (χ1n) is 23.5. The van der Waals surface area contributed by atoms with Gasteiger partial charge in [-0.2, -0.15) is 13.2 Å². The molecule has 3 aromatic rings. The summed E-state index contributed by atoms with van der Waals surface area (Å²) in [5.74, 6) is -8.32. The largest absolute Gasteiger partial charge is 0.507 e. The highest BCUT2D eigenvalue weighted by Crippen LogP contribution is 2.42. The van der Waals surface area contributed by atoms with Crippen LogP contribution in [0.15, 0.2) is 64.4 Å². The van der Waals surface area contributed by atoms with Crippen molar-refractivity contribution in [2.24, 2.45) is 17.8 Å². The summed E-state index contributed by atoms with van der Waals surface area (Å²) in [5.41, 5.74) is -0.120. The minimum atomic E-state index is -5.21. The maximum Gasteiger partial charge on any atom is 0.452 e. The number of fused-ring (bicyclic) bond motifs is 1. The number of nitrogens with one attached hydrogen (secondary N) is 4. The molecule has 1 aliphatic carbocycles. The van der Waals surface area contributed by atoms with E-state index in [9.17, 15) is 63.9 Å². The van der Waals surface area contributed by atoms with Gasteiger partial charge in [0, 0.05) is 17.2 Å². The first-order chi connectivity index (χ1) is 33.0. The lowest BCUT2D eigenvalue weighted by Crippen LogP contribution is -2.59. The van der Waals surface area contributed by atoms with Crippen molar-refractivity contribution >= 4 is 67.0 Å². The molecule has 0 radical (unpaired) electrons. The topological polar surface area (TPSA) is 242 Å². The molecule has 16 nitrogen and oxygen atoms in total. The second kappa shape index (κ2) is 21.5. The molecule has 1 aliphatic heterocycles. The molecule has 5 atom stereocenters. The molecular formula is C50H63ClF3N5O11S2. The van der Waals surface area contributed by atoms with E-state index >= 15 is 0 Å². The van der Waals surface area contributed by atoms with Crippen LogP contribution in [-0.4, -0.2) is 92.5 Å². The van der Waals surface area contributed by atoms with Gasteiger partial charge in [0.15, 0.2) is 0 Å². The quantitative estimate of drug-likeness (QED) is 0.104. The molecule has 2 fully saturated rings. The van der Waals surface area contributed by atoms with Gasteiger partial charge in [-0.15, -0.1) is 0 Å². The summed E-state index contributed by atoms with van der Waals surface area (Å²) < 4.78 is 98.2. The lowest BCUT2D eigenvalue weighted by Gasteiger charge is -2.37. The van der Waals surface area contributed by atoms with Crippen LogP contribution in [-0.2, 0) is 56.5 Å². The summed E-state index contributed by atoms with van der Waals surface area (Å²) in [4.78, 5) is 80.9. The van der Waals surface area contributed by atoms with Crippen molar-refractivity contribution in [3.63, 3.8) is 0 Å². The van der Waals surface area contributed by atoms with Crippen molar-refractivity contribution in [3.05, 3.63) is 87.4 Å². The molecule has 0 spiro atoms. The molecule has 5 rings (SSSR count). The van der Waals surface area contributed by atoms with E-state index < -0.39 is 130 Å². The molecule has 0 aromatic heterocycles. The molecule has 1 saturated heterocycles. The van der Waals surface area contributed by atoms with Gasteiger partial charge in [-0.05, 0) is 107 Å². The molecule has 0 unspecified atom stereocenters. The number of phenols is 1.